The summed E-state index contributed by atoms with van der Waals surface area (Å²) in [6.07, 6.45) is 4.19. The third kappa shape index (κ3) is 4.86. The number of likely N-dealkylation sites (tertiary alicyclic amines) is 1. The van der Waals surface area contributed by atoms with Gasteiger partial charge in [-0.15, -0.1) is 11.3 Å². The molecule has 1 fully saturated rings. The number of halogens is 3. The van der Waals surface area contributed by atoms with E-state index in [1.54, 1.807) is 32.2 Å². The van der Waals surface area contributed by atoms with E-state index in [0.717, 1.165) is 0 Å². The third-order valence-electron chi connectivity index (χ3n) is 5.26. The summed E-state index contributed by atoms with van der Waals surface area (Å²) >= 11 is 7.13. The quantitative estimate of drug-likeness (QED) is 0.579. The van der Waals surface area contributed by atoms with E-state index in [-0.39, 0.29) is 18.7 Å². The van der Waals surface area contributed by atoms with Crippen molar-refractivity contribution in [3.05, 3.63) is 52.5 Å². The second-order valence-electron chi connectivity index (χ2n) is 7.77. The molecule has 1 aliphatic heterocycles. The summed E-state index contributed by atoms with van der Waals surface area (Å²) < 4.78 is 29.0. The monoisotopic (exact) mass is 478 g/mol. The van der Waals surface area contributed by atoms with Crippen LogP contribution in [0, 0.1) is 12.8 Å². The molecule has 0 aromatic carbocycles. The number of carbonyl (C=O) groups excluding carboxylic acids is 1. The van der Waals surface area contributed by atoms with Crippen LogP contribution in [0.15, 0.2) is 36.8 Å². The van der Waals surface area contributed by atoms with Crippen molar-refractivity contribution in [2.75, 3.05) is 18.4 Å². The molecule has 0 bridgehead atoms. The van der Waals surface area contributed by atoms with E-state index in [0.29, 0.717) is 26.5 Å². The standard InChI is InChI=1S/C21H21ClF2N6OS/c1-12-7-21(23,24)11-30(16(12)10-28-20-26-8-14(22)9-27-20)19(31)17-18(32-13(2)29-17)15-5-3-4-6-25-15/h3-6,8-9,12,16H,7,10-11H2,1-2H3,(H,26,27,28). The van der Waals surface area contributed by atoms with Crippen molar-refractivity contribution in [1.82, 2.24) is 24.8 Å². The normalized spacial score (nSPS) is 20.2. The Labute approximate surface area is 192 Å². The molecule has 11 heteroatoms. The number of nitrogens with zero attached hydrogens (tertiary/aromatic N) is 5. The Morgan fingerprint density at radius 2 is 2.06 bits per heavy atom. The SMILES string of the molecule is Cc1nc(C(=O)N2CC(F)(F)CC(C)C2CNc2ncc(Cl)cn2)c(-c2ccccn2)s1. The molecule has 2 unspecified atom stereocenters. The van der Waals surface area contributed by atoms with Crippen molar-refractivity contribution in [3.8, 4) is 10.6 Å². The van der Waals surface area contributed by atoms with Crippen molar-refractivity contribution in [2.45, 2.75) is 32.2 Å². The van der Waals surface area contributed by atoms with Crippen LogP contribution in [0.1, 0.15) is 28.8 Å². The average Bonchev–Trinajstić information content (AvgIpc) is 3.15. The van der Waals surface area contributed by atoms with E-state index in [1.807, 2.05) is 6.07 Å². The number of aromatic nitrogens is 4. The molecular formula is C21H21ClF2N6OS. The lowest BCUT2D eigenvalue weighted by Crippen LogP contribution is -2.57. The van der Waals surface area contributed by atoms with Gasteiger partial charge in [0.25, 0.3) is 11.8 Å². The van der Waals surface area contributed by atoms with E-state index in [2.05, 4.69) is 25.3 Å². The minimum absolute atomic E-state index is 0.142. The van der Waals surface area contributed by atoms with Gasteiger partial charge in [0.2, 0.25) is 5.95 Å². The van der Waals surface area contributed by atoms with Crippen LogP contribution in [-0.2, 0) is 0 Å². The Hall–Kier alpha value is -2.72. The van der Waals surface area contributed by atoms with Gasteiger partial charge in [0.15, 0.2) is 0 Å². The maximum absolute atomic E-state index is 14.5. The van der Waals surface area contributed by atoms with Crippen molar-refractivity contribution in [2.24, 2.45) is 5.92 Å². The number of piperidine rings is 1. The number of aryl methyl sites for hydroxylation is 1. The highest BCUT2D eigenvalue weighted by Gasteiger charge is 2.46. The molecule has 0 radical (unpaired) electrons. The molecule has 0 spiro atoms. The van der Waals surface area contributed by atoms with Crippen molar-refractivity contribution in [1.29, 1.82) is 0 Å². The highest BCUT2D eigenvalue weighted by atomic mass is 35.5. The van der Waals surface area contributed by atoms with Crippen LogP contribution in [0.4, 0.5) is 14.7 Å². The van der Waals surface area contributed by atoms with Crippen LogP contribution in [0.2, 0.25) is 5.02 Å². The number of anilines is 1. The number of thiazole rings is 1. The highest BCUT2D eigenvalue weighted by molar-refractivity contribution is 7.15. The average molecular weight is 479 g/mol. The molecule has 0 saturated carbocycles. The van der Waals surface area contributed by atoms with Gasteiger partial charge in [-0.3, -0.25) is 9.78 Å². The summed E-state index contributed by atoms with van der Waals surface area (Å²) in [4.78, 5) is 32.2. The van der Waals surface area contributed by atoms with Crippen molar-refractivity contribution in [3.63, 3.8) is 0 Å². The first-order valence-electron chi connectivity index (χ1n) is 10.0. The summed E-state index contributed by atoms with van der Waals surface area (Å²) in [7, 11) is 0. The summed E-state index contributed by atoms with van der Waals surface area (Å²) in [6.45, 7) is 3.03. The topological polar surface area (TPSA) is 83.9 Å². The van der Waals surface area contributed by atoms with Gasteiger partial charge in [-0.2, -0.15) is 0 Å². The number of hydrogen-bond donors (Lipinski definition) is 1. The molecular weight excluding hydrogens is 458 g/mol. The number of amides is 1. The summed E-state index contributed by atoms with van der Waals surface area (Å²) in [5.74, 6) is -3.67. The molecule has 0 aliphatic carbocycles. The van der Waals surface area contributed by atoms with Gasteiger partial charge < -0.3 is 10.2 Å². The predicted molar refractivity (Wildman–Crippen MR) is 119 cm³/mol. The molecule has 1 aliphatic rings. The van der Waals surface area contributed by atoms with Crippen LogP contribution < -0.4 is 5.32 Å². The predicted octanol–water partition coefficient (Wildman–Crippen LogP) is 4.55. The zero-order valence-corrected chi connectivity index (χ0v) is 19.0. The molecule has 4 heterocycles. The minimum Gasteiger partial charge on any atom is -0.352 e. The number of nitrogens with one attached hydrogen (secondary N) is 1. The highest BCUT2D eigenvalue weighted by Crippen LogP contribution is 2.37. The van der Waals surface area contributed by atoms with Gasteiger partial charge in [-0.05, 0) is 25.0 Å². The third-order valence-corrected chi connectivity index (χ3v) is 6.45. The molecule has 168 valence electrons. The second-order valence-corrected chi connectivity index (χ2v) is 9.41. The summed E-state index contributed by atoms with van der Waals surface area (Å²) in [5, 5.41) is 4.09. The molecule has 2 atom stereocenters. The molecule has 32 heavy (non-hydrogen) atoms. The number of hydrogen-bond acceptors (Lipinski definition) is 7. The van der Waals surface area contributed by atoms with E-state index >= 15 is 0 Å². The van der Waals surface area contributed by atoms with Crippen molar-refractivity contribution >= 4 is 34.8 Å². The maximum atomic E-state index is 14.5. The molecule has 1 saturated heterocycles. The molecule has 3 aromatic heterocycles. The fourth-order valence-corrected chi connectivity index (χ4v) is 4.84. The maximum Gasteiger partial charge on any atom is 0.274 e. The fourth-order valence-electron chi connectivity index (χ4n) is 3.86. The van der Waals surface area contributed by atoms with Crippen LogP contribution in [0.5, 0.6) is 0 Å². The Morgan fingerprint density at radius 1 is 1.31 bits per heavy atom. The van der Waals surface area contributed by atoms with Gasteiger partial charge in [0.05, 0.1) is 45.6 Å². The number of alkyl halides is 2. The minimum atomic E-state index is -2.99. The van der Waals surface area contributed by atoms with Crippen molar-refractivity contribution < 1.29 is 13.6 Å². The van der Waals surface area contributed by atoms with Gasteiger partial charge in [-0.25, -0.2) is 23.7 Å². The Kier molecular flexibility index (Phi) is 6.34. The summed E-state index contributed by atoms with van der Waals surface area (Å²) in [6, 6.07) is 4.85. The second kappa shape index (κ2) is 9.03. The Morgan fingerprint density at radius 3 is 2.75 bits per heavy atom. The fraction of sp³-hybridized carbons (Fsp3) is 0.381. The van der Waals surface area contributed by atoms with Crippen LogP contribution in [0.3, 0.4) is 0 Å². The van der Waals surface area contributed by atoms with Gasteiger partial charge in [0, 0.05) is 19.2 Å². The first-order chi connectivity index (χ1) is 15.2. The Bertz CT molecular complexity index is 1100. The lowest BCUT2D eigenvalue weighted by Gasteiger charge is -2.43. The molecule has 4 rings (SSSR count). The Balaban J connectivity index is 1.64. The zero-order valence-electron chi connectivity index (χ0n) is 17.4. The van der Waals surface area contributed by atoms with Crippen LogP contribution >= 0.6 is 22.9 Å². The smallest absolute Gasteiger partial charge is 0.274 e. The summed E-state index contributed by atoms with van der Waals surface area (Å²) in [5.41, 5.74) is 0.728. The van der Waals surface area contributed by atoms with E-state index in [4.69, 9.17) is 11.6 Å². The number of rotatable bonds is 5. The molecule has 1 amide bonds. The number of pyridine rings is 1. The number of carbonyl (C=O) groups is 1. The van der Waals surface area contributed by atoms with Crippen LogP contribution in [0.25, 0.3) is 10.6 Å². The van der Waals surface area contributed by atoms with E-state index in [1.165, 1.54) is 28.6 Å². The first-order valence-corrected chi connectivity index (χ1v) is 11.2. The van der Waals surface area contributed by atoms with Gasteiger partial charge in [-0.1, -0.05) is 24.6 Å². The lowest BCUT2D eigenvalue weighted by molar-refractivity contribution is -0.0898. The zero-order chi connectivity index (χ0) is 22.9. The molecule has 1 N–H and O–H groups in total. The van der Waals surface area contributed by atoms with E-state index < -0.39 is 30.3 Å². The first kappa shape index (κ1) is 22.5. The van der Waals surface area contributed by atoms with E-state index in [9.17, 15) is 13.6 Å². The largest absolute Gasteiger partial charge is 0.352 e. The lowest BCUT2D eigenvalue weighted by atomic mass is 9.88. The van der Waals surface area contributed by atoms with Gasteiger partial charge in [0.1, 0.15) is 5.69 Å². The van der Waals surface area contributed by atoms with Gasteiger partial charge >= 0.3 is 0 Å². The molecule has 7 nitrogen and oxygen atoms in total. The van der Waals surface area contributed by atoms with Crippen LogP contribution in [-0.4, -0.2) is 55.8 Å². The molecule has 3 aromatic rings.